The molecule has 0 aliphatic heterocycles. The lowest BCUT2D eigenvalue weighted by Gasteiger charge is -2.56. The van der Waals surface area contributed by atoms with Crippen molar-refractivity contribution in [3.05, 3.63) is 41.1 Å². The number of aryl methyl sites for hydroxylation is 2. The van der Waals surface area contributed by atoms with Gasteiger partial charge in [0.2, 0.25) is 0 Å². The molecule has 1 aromatic carbocycles. The predicted molar refractivity (Wildman–Crippen MR) is 99.6 cm³/mol. The summed E-state index contributed by atoms with van der Waals surface area (Å²) in [5, 5.41) is 4.54. The van der Waals surface area contributed by atoms with E-state index >= 15 is 0 Å². The van der Waals surface area contributed by atoms with Crippen molar-refractivity contribution in [2.45, 2.75) is 57.9 Å². The molecule has 4 bridgehead atoms. The number of carbonyl (C=O) groups is 1. The molecule has 130 valence electrons. The van der Waals surface area contributed by atoms with E-state index in [1.807, 2.05) is 19.1 Å². The molecule has 0 radical (unpaired) electrons. The molecule has 4 saturated carbocycles. The SMILES string of the molecule is Cc1ccc2nc(C)c(C(=O)NC34CC5CC(CC(C5)C3)C4)cc2c1. The molecule has 1 N–H and O–H groups in total. The Labute approximate surface area is 149 Å². The second-order valence-electron chi connectivity index (χ2n) is 8.97. The number of carbonyl (C=O) groups excluding carboxylic acids is 1. The van der Waals surface area contributed by atoms with E-state index in [-0.39, 0.29) is 11.4 Å². The summed E-state index contributed by atoms with van der Waals surface area (Å²) in [5.74, 6) is 2.59. The van der Waals surface area contributed by atoms with E-state index in [1.54, 1.807) is 0 Å². The van der Waals surface area contributed by atoms with Gasteiger partial charge in [-0.1, -0.05) is 11.6 Å². The second kappa shape index (κ2) is 5.30. The van der Waals surface area contributed by atoms with Gasteiger partial charge in [-0.05, 0) is 88.3 Å². The number of hydrogen-bond acceptors (Lipinski definition) is 2. The van der Waals surface area contributed by atoms with Crippen molar-refractivity contribution < 1.29 is 4.79 Å². The van der Waals surface area contributed by atoms with E-state index in [4.69, 9.17) is 0 Å². The summed E-state index contributed by atoms with van der Waals surface area (Å²) in [6.07, 6.45) is 7.73. The normalized spacial score (nSPS) is 33.0. The van der Waals surface area contributed by atoms with E-state index in [1.165, 1.54) is 44.1 Å². The summed E-state index contributed by atoms with van der Waals surface area (Å²) in [6.45, 7) is 4.03. The molecular formula is C22H26N2O. The highest BCUT2D eigenvalue weighted by atomic mass is 16.1. The number of fused-ring (bicyclic) bond motifs is 1. The Balaban J connectivity index is 1.46. The van der Waals surface area contributed by atoms with E-state index in [0.717, 1.165) is 39.9 Å². The Kier molecular flexibility index (Phi) is 3.25. The van der Waals surface area contributed by atoms with E-state index in [0.29, 0.717) is 0 Å². The van der Waals surface area contributed by atoms with Crippen LogP contribution >= 0.6 is 0 Å². The maximum absolute atomic E-state index is 13.1. The first-order valence-corrected chi connectivity index (χ1v) is 9.70. The average molecular weight is 334 g/mol. The summed E-state index contributed by atoms with van der Waals surface area (Å²) in [4.78, 5) is 17.8. The van der Waals surface area contributed by atoms with Gasteiger partial charge in [0, 0.05) is 10.9 Å². The Morgan fingerprint density at radius 2 is 1.68 bits per heavy atom. The van der Waals surface area contributed by atoms with Crippen molar-refractivity contribution in [1.82, 2.24) is 10.3 Å². The van der Waals surface area contributed by atoms with Crippen LogP contribution in [0.4, 0.5) is 0 Å². The highest BCUT2D eigenvalue weighted by molar-refractivity contribution is 5.99. The average Bonchev–Trinajstić information content (AvgIpc) is 2.52. The van der Waals surface area contributed by atoms with Crippen LogP contribution in [0.15, 0.2) is 24.3 Å². The molecule has 0 unspecified atom stereocenters. The smallest absolute Gasteiger partial charge is 0.253 e. The number of amides is 1. The van der Waals surface area contributed by atoms with E-state index < -0.39 is 0 Å². The Morgan fingerprint density at radius 3 is 2.32 bits per heavy atom. The largest absolute Gasteiger partial charge is 0.347 e. The molecule has 2 aromatic rings. The summed E-state index contributed by atoms with van der Waals surface area (Å²) in [6, 6.07) is 8.26. The van der Waals surface area contributed by atoms with Gasteiger partial charge in [-0.3, -0.25) is 9.78 Å². The summed E-state index contributed by atoms with van der Waals surface area (Å²) < 4.78 is 0. The van der Waals surface area contributed by atoms with Crippen molar-refractivity contribution >= 4 is 16.8 Å². The molecule has 1 aromatic heterocycles. The zero-order valence-electron chi connectivity index (χ0n) is 15.1. The van der Waals surface area contributed by atoms with Gasteiger partial charge in [0.05, 0.1) is 16.8 Å². The fourth-order valence-electron chi connectivity index (χ4n) is 6.19. The van der Waals surface area contributed by atoms with Gasteiger partial charge in [-0.25, -0.2) is 0 Å². The number of rotatable bonds is 2. The van der Waals surface area contributed by atoms with E-state index in [9.17, 15) is 4.79 Å². The second-order valence-corrected chi connectivity index (χ2v) is 8.97. The topological polar surface area (TPSA) is 42.0 Å². The minimum Gasteiger partial charge on any atom is -0.347 e. The van der Waals surface area contributed by atoms with Crippen LogP contribution < -0.4 is 5.32 Å². The molecule has 3 nitrogen and oxygen atoms in total. The number of nitrogens with zero attached hydrogens (tertiary/aromatic N) is 1. The monoisotopic (exact) mass is 334 g/mol. The van der Waals surface area contributed by atoms with Crippen LogP contribution in [-0.2, 0) is 0 Å². The zero-order chi connectivity index (χ0) is 17.2. The third-order valence-electron chi connectivity index (χ3n) is 6.82. The molecule has 3 heteroatoms. The van der Waals surface area contributed by atoms with Crippen LogP contribution in [0.25, 0.3) is 10.9 Å². The number of aromatic nitrogens is 1. The maximum atomic E-state index is 13.1. The lowest BCUT2D eigenvalue weighted by molar-refractivity contribution is -0.0167. The number of pyridine rings is 1. The third-order valence-corrected chi connectivity index (χ3v) is 6.82. The van der Waals surface area contributed by atoms with Crippen molar-refractivity contribution in [3.8, 4) is 0 Å². The minimum atomic E-state index is 0.0554. The van der Waals surface area contributed by atoms with Crippen molar-refractivity contribution in [2.24, 2.45) is 17.8 Å². The maximum Gasteiger partial charge on any atom is 0.253 e. The van der Waals surface area contributed by atoms with Crippen molar-refractivity contribution in [3.63, 3.8) is 0 Å². The summed E-state index contributed by atoms with van der Waals surface area (Å²) >= 11 is 0. The van der Waals surface area contributed by atoms with Gasteiger partial charge < -0.3 is 5.32 Å². The first-order chi connectivity index (χ1) is 12.0. The molecule has 1 amide bonds. The number of nitrogens with one attached hydrogen (secondary N) is 1. The molecule has 4 aliphatic rings. The van der Waals surface area contributed by atoms with Crippen LogP contribution in [0.3, 0.4) is 0 Å². The van der Waals surface area contributed by atoms with Gasteiger partial charge in [-0.15, -0.1) is 0 Å². The van der Waals surface area contributed by atoms with Gasteiger partial charge in [0.1, 0.15) is 0 Å². The lowest BCUT2D eigenvalue weighted by Crippen LogP contribution is -2.59. The van der Waals surface area contributed by atoms with Crippen LogP contribution in [0.5, 0.6) is 0 Å². The fourth-order valence-corrected chi connectivity index (χ4v) is 6.19. The van der Waals surface area contributed by atoms with Crippen LogP contribution in [0.2, 0.25) is 0 Å². The standard InChI is InChI=1S/C22H26N2O/c1-13-3-4-20-18(5-13)9-19(14(2)23-20)21(25)24-22-10-15-6-16(11-22)8-17(7-15)12-22/h3-5,9,15-17H,6-8,10-12H2,1-2H3,(H,24,25). The molecule has 4 aliphatic carbocycles. The Hall–Kier alpha value is -1.90. The third kappa shape index (κ3) is 2.56. The molecule has 25 heavy (non-hydrogen) atoms. The Bertz CT molecular complexity index is 834. The van der Waals surface area contributed by atoms with Crippen molar-refractivity contribution in [2.75, 3.05) is 0 Å². The predicted octanol–water partition coefficient (Wildman–Crippen LogP) is 4.55. The highest BCUT2D eigenvalue weighted by Crippen LogP contribution is 2.55. The molecule has 0 saturated heterocycles. The Morgan fingerprint density at radius 1 is 1.04 bits per heavy atom. The molecule has 6 rings (SSSR count). The molecule has 4 fully saturated rings. The summed E-state index contributed by atoms with van der Waals surface area (Å²) in [5.41, 5.74) is 3.80. The lowest BCUT2D eigenvalue weighted by atomic mass is 9.53. The quantitative estimate of drug-likeness (QED) is 0.875. The summed E-state index contributed by atoms with van der Waals surface area (Å²) in [7, 11) is 0. The van der Waals surface area contributed by atoms with Crippen LogP contribution in [0.1, 0.15) is 60.1 Å². The van der Waals surface area contributed by atoms with Gasteiger partial charge >= 0.3 is 0 Å². The van der Waals surface area contributed by atoms with E-state index in [2.05, 4.69) is 29.4 Å². The minimum absolute atomic E-state index is 0.0554. The number of benzene rings is 1. The molecule has 1 heterocycles. The molecule has 0 spiro atoms. The molecular weight excluding hydrogens is 308 g/mol. The fraction of sp³-hybridized carbons (Fsp3) is 0.545. The molecule has 0 atom stereocenters. The van der Waals surface area contributed by atoms with Crippen LogP contribution in [0, 0.1) is 31.6 Å². The van der Waals surface area contributed by atoms with Crippen LogP contribution in [-0.4, -0.2) is 16.4 Å². The zero-order valence-corrected chi connectivity index (χ0v) is 15.1. The van der Waals surface area contributed by atoms with Crippen molar-refractivity contribution in [1.29, 1.82) is 0 Å². The first kappa shape index (κ1) is 15.4. The van der Waals surface area contributed by atoms with Gasteiger partial charge in [0.25, 0.3) is 5.91 Å². The highest BCUT2D eigenvalue weighted by Gasteiger charge is 2.51. The van der Waals surface area contributed by atoms with Gasteiger partial charge in [0.15, 0.2) is 0 Å². The van der Waals surface area contributed by atoms with Gasteiger partial charge in [-0.2, -0.15) is 0 Å². The number of hydrogen-bond donors (Lipinski definition) is 1. The first-order valence-electron chi connectivity index (χ1n) is 9.70.